The van der Waals surface area contributed by atoms with Crippen LogP contribution in [-0.4, -0.2) is 4.98 Å². The molecule has 6 heteroatoms. The Hall–Kier alpha value is -1.09. The number of nitriles is 1. The lowest BCUT2D eigenvalue weighted by atomic mass is 10.2. The smallest absolute Gasteiger partial charge is 0.251 e. The largest absolute Gasteiger partial charge is 0.283 e. The van der Waals surface area contributed by atoms with Gasteiger partial charge in [-0.1, -0.05) is 0 Å². The Labute approximate surface area is 80.1 Å². The lowest BCUT2D eigenvalue weighted by molar-refractivity contribution is 0.140. The van der Waals surface area contributed by atoms with Crippen LogP contribution in [-0.2, 0) is 0 Å². The van der Waals surface area contributed by atoms with E-state index in [1.807, 2.05) is 0 Å². The summed E-state index contributed by atoms with van der Waals surface area (Å²) in [6, 6.07) is 1.46. The Morgan fingerprint density at radius 3 is 2.62 bits per heavy atom. The molecule has 0 amide bonds. The van der Waals surface area contributed by atoms with Crippen LogP contribution in [0.25, 0.3) is 0 Å². The second kappa shape index (κ2) is 3.75. The maximum absolute atomic E-state index is 13.0. The fourth-order valence-corrected chi connectivity index (χ4v) is 1.10. The van der Waals surface area contributed by atoms with Crippen molar-refractivity contribution in [2.24, 2.45) is 0 Å². The highest BCUT2D eigenvalue weighted by atomic mass is 79.9. The lowest BCUT2D eigenvalue weighted by Crippen LogP contribution is -1.99. The van der Waals surface area contributed by atoms with Crippen molar-refractivity contribution in [3.05, 3.63) is 27.7 Å². The third-order valence-corrected chi connectivity index (χ3v) is 1.92. The molecule has 0 aliphatic carbocycles. The average Bonchev–Trinajstić information content (AvgIpc) is 2.04. The first-order chi connectivity index (χ1) is 6.07. The fourth-order valence-electron chi connectivity index (χ4n) is 0.735. The van der Waals surface area contributed by atoms with Crippen molar-refractivity contribution in [1.82, 2.24) is 4.98 Å². The van der Waals surface area contributed by atoms with E-state index >= 15 is 0 Å². The van der Waals surface area contributed by atoms with Gasteiger partial charge >= 0.3 is 0 Å². The predicted molar refractivity (Wildman–Crippen MR) is 41.6 cm³/mol. The van der Waals surface area contributed by atoms with Gasteiger partial charge < -0.3 is 0 Å². The molecule has 1 heterocycles. The maximum atomic E-state index is 13.0. The molecule has 1 aromatic heterocycles. The second-order valence-electron chi connectivity index (χ2n) is 2.09. The summed E-state index contributed by atoms with van der Waals surface area (Å²) in [6.45, 7) is 0. The minimum atomic E-state index is -3.01. The van der Waals surface area contributed by atoms with E-state index in [0.717, 1.165) is 6.20 Å². The van der Waals surface area contributed by atoms with Crippen molar-refractivity contribution in [1.29, 1.82) is 5.26 Å². The molecule has 0 saturated heterocycles. The van der Waals surface area contributed by atoms with Crippen LogP contribution in [0.5, 0.6) is 0 Å². The van der Waals surface area contributed by atoms with Gasteiger partial charge in [-0.05, 0) is 15.9 Å². The Balaban J connectivity index is 3.38. The Kier molecular flexibility index (Phi) is 2.88. The third-order valence-electron chi connectivity index (χ3n) is 1.32. The highest BCUT2D eigenvalue weighted by Crippen LogP contribution is 2.25. The first kappa shape index (κ1) is 9.99. The first-order valence-corrected chi connectivity index (χ1v) is 3.89. The average molecular weight is 251 g/mol. The molecular weight excluding hydrogens is 249 g/mol. The number of rotatable bonds is 1. The first-order valence-electron chi connectivity index (χ1n) is 3.10. The Morgan fingerprint density at radius 2 is 2.15 bits per heavy atom. The molecule has 0 aliphatic heterocycles. The molecule has 0 fully saturated rings. The summed E-state index contributed by atoms with van der Waals surface area (Å²) >= 11 is 2.82. The van der Waals surface area contributed by atoms with E-state index in [9.17, 15) is 13.2 Å². The van der Waals surface area contributed by atoms with Crippen LogP contribution in [0, 0.1) is 17.1 Å². The highest BCUT2D eigenvalue weighted by molar-refractivity contribution is 9.10. The van der Waals surface area contributed by atoms with Gasteiger partial charge in [0.2, 0.25) is 0 Å². The van der Waals surface area contributed by atoms with Crippen LogP contribution in [0.4, 0.5) is 13.2 Å². The van der Waals surface area contributed by atoms with E-state index in [4.69, 9.17) is 5.26 Å². The lowest BCUT2D eigenvalue weighted by Gasteiger charge is -2.02. The van der Waals surface area contributed by atoms with E-state index in [1.54, 1.807) is 0 Å². The molecule has 1 rings (SSSR count). The zero-order valence-electron chi connectivity index (χ0n) is 6.06. The quantitative estimate of drug-likeness (QED) is 0.769. The van der Waals surface area contributed by atoms with Gasteiger partial charge in [-0.3, -0.25) is 4.98 Å². The summed E-state index contributed by atoms with van der Waals surface area (Å²) in [5, 5.41) is 8.41. The van der Waals surface area contributed by atoms with E-state index in [0.29, 0.717) is 0 Å². The molecule has 68 valence electrons. The van der Waals surface area contributed by atoms with Gasteiger partial charge in [-0.2, -0.15) is 5.26 Å². The molecule has 0 atom stereocenters. The summed E-state index contributed by atoms with van der Waals surface area (Å²) in [4.78, 5) is 3.16. The van der Waals surface area contributed by atoms with Crippen LogP contribution in [0.3, 0.4) is 0 Å². The van der Waals surface area contributed by atoms with E-state index in [1.165, 1.54) is 6.07 Å². The van der Waals surface area contributed by atoms with Crippen molar-refractivity contribution < 1.29 is 13.2 Å². The number of halogens is 4. The van der Waals surface area contributed by atoms with Gasteiger partial charge in [0.15, 0.2) is 5.82 Å². The van der Waals surface area contributed by atoms with Gasteiger partial charge in [0.25, 0.3) is 6.43 Å². The number of aromatic nitrogens is 1. The van der Waals surface area contributed by atoms with Crippen LogP contribution in [0.1, 0.15) is 17.7 Å². The molecule has 0 radical (unpaired) electrons. The van der Waals surface area contributed by atoms with Crippen molar-refractivity contribution in [3.63, 3.8) is 0 Å². The summed E-state index contributed by atoms with van der Waals surface area (Å²) in [5.74, 6) is -1.27. The molecule has 0 bridgehead atoms. The molecule has 0 saturated carbocycles. The molecular formula is C7H2BrF3N2. The van der Waals surface area contributed by atoms with Crippen molar-refractivity contribution in [3.8, 4) is 6.07 Å². The molecule has 2 nitrogen and oxygen atoms in total. The molecule has 0 aromatic carbocycles. The van der Waals surface area contributed by atoms with Gasteiger partial charge in [0.05, 0.1) is 4.47 Å². The van der Waals surface area contributed by atoms with Gasteiger partial charge in [0.1, 0.15) is 17.3 Å². The van der Waals surface area contributed by atoms with Gasteiger partial charge in [0, 0.05) is 6.20 Å². The van der Waals surface area contributed by atoms with Crippen LogP contribution in [0.2, 0.25) is 0 Å². The maximum Gasteiger partial charge on any atom is 0.283 e. The van der Waals surface area contributed by atoms with Crippen LogP contribution >= 0.6 is 15.9 Å². The minimum Gasteiger partial charge on any atom is -0.251 e. The number of hydrogen-bond donors (Lipinski definition) is 0. The standard InChI is InChI=1S/C7H2BrF3N2/c8-4-2-13-6(7(10)11)5(9)3(4)1-12/h2,7H. The number of pyridine rings is 1. The molecule has 0 spiro atoms. The number of nitrogens with zero attached hydrogens (tertiary/aromatic N) is 2. The number of alkyl halides is 2. The molecule has 0 aliphatic rings. The zero-order chi connectivity index (χ0) is 10.0. The van der Waals surface area contributed by atoms with E-state index < -0.39 is 23.5 Å². The summed E-state index contributed by atoms with van der Waals surface area (Å²) in [7, 11) is 0. The third kappa shape index (κ3) is 1.80. The summed E-state index contributed by atoms with van der Waals surface area (Å²) < 4.78 is 37.2. The molecule has 0 N–H and O–H groups in total. The normalized spacial score (nSPS) is 10.2. The molecule has 1 aromatic rings. The minimum absolute atomic E-state index is 0.0666. The van der Waals surface area contributed by atoms with Crippen molar-refractivity contribution >= 4 is 15.9 Å². The monoisotopic (exact) mass is 250 g/mol. The fraction of sp³-hybridized carbons (Fsp3) is 0.143. The van der Waals surface area contributed by atoms with Gasteiger partial charge in [-0.25, -0.2) is 13.2 Å². The van der Waals surface area contributed by atoms with Crippen molar-refractivity contribution in [2.75, 3.05) is 0 Å². The van der Waals surface area contributed by atoms with E-state index in [2.05, 4.69) is 20.9 Å². The molecule has 0 unspecified atom stereocenters. The zero-order valence-corrected chi connectivity index (χ0v) is 7.65. The van der Waals surface area contributed by atoms with E-state index in [-0.39, 0.29) is 4.47 Å². The predicted octanol–water partition coefficient (Wildman–Crippen LogP) is 2.79. The van der Waals surface area contributed by atoms with Gasteiger partial charge in [-0.15, -0.1) is 0 Å². The number of hydrogen-bond acceptors (Lipinski definition) is 2. The summed E-state index contributed by atoms with van der Waals surface area (Å²) in [5.41, 5.74) is -1.45. The van der Waals surface area contributed by atoms with Crippen molar-refractivity contribution in [2.45, 2.75) is 6.43 Å². The second-order valence-corrected chi connectivity index (χ2v) is 2.95. The van der Waals surface area contributed by atoms with Crippen LogP contribution in [0.15, 0.2) is 10.7 Å². The topological polar surface area (TPSA) is 36.7 Å². The SMILES string of the molecule is N#Cc1c(Br)cnc(C(F)F)c1F. The summed E-state index contributed by atoms with van der Waals surface area (Å²) in [6.07, 6.45) is -2.04. The Bertz CT molecular complexity index is 373. The molecule has 13 heavy (non-hydrogen) atoms. The highest BCUT2D eigenvalue weighted by Gasteiger charge is 2.20. The van der Waals surface area contributed by atoms with Crippen LogP contribution < -0.4 is 0 Å². The Morgan fingerprint density at radius 1 is 1.54 bits per heavy atom.